The maximum atomic E-state index is 12.4. The first-order valence-corrected chi connectivity index (χ1v) is 9.49. The van der Waals surface area contributed by atoms with Crippen LogP contribution in [0.2, 0.25) is 0 Å². The van der Waals surface area contributed by atoms with Crippen molar-refractivity contribution in [3.8, 4) is 0 Å². The van der Waals surface area contributed by atoms with Gasteiger partial charge in [-0.2, -0.15) is 0 Å². The van der Waals surface area contributed by atoms with E-state index in [9.17, 15) is 4.79 Å². The standard InChI is InChI=1S/C17H22N2OS2/c1-12-7-8-15(22-12)17(20)18-13(2)16(14-6-5-11-21-14)19-9-3-4-10-19/h5-8,11,13,16H,3-4,9-10H2,1-2H3,(H,18,20)/t13-,16-/m0/s1. The predicted octanol–water partition coefficient (Wildman–Crippen LogP) is 4.07. The van der Waals surface area contributed by atoms with Crippen LogP contribution >= 0.6 is 22.7 Å². The summed E-state index contributed by atoms with van der Waals surface area (Å²) in [6, 6.07) is 8.59. The summed E-state index contributed by atoms with van der Waals surface area (Å²) >= 11 is 3.34. The van der Waals surface area contributed by atoms with Crippen molar-refractivity contribution in [1.29, 1.82) is 0 Å². The Morgan fingerprint density at radius 2 is 2.05 bits per heavy atom. The summed E-state index contributed by atoms with van der Waals surface area (Å²) in [5.74, 6) is 0.0475. The normalized spacial score (nSPS) is 18.3. The lowest BCUT2D eigenvalue weighted by molar-refractivity contribution is 0.0912. The topological polar surface area (TPSA) is 32.3 Å². The smallest absolute Gasteiger partial charge is 0.261 e. The molecule has 3 rings (SSSR count). The number of likely N-dealkylation sites (tertiary alicyclic amines) is 1. The minimum absolute atomic E-state index is 0.0475. The van der Waals surface area contributed by atoms with E-state index < -0.39 is 0 Å². The number of amides is 1. The molecule has 0 unspecified atom stereocenters. The third-order valence-corrected chi connectivity index (χ3v) is 6.11. The summed E-state index contributed by atoms with van der Waals surface area (Å²) in [5.41, 5.74) is 0. The number of aryl methyl sites for hydroxylation is 1. The maximum absolute atomic E-state index is 12.4. The fourth-order valence-corrected chi connectivity index (χ4v) is 4.87. The van der Waals surface area contributed by atoms with Crippen LogP contribution in [0, 0.1) is 6.92 Å². The van der Waals surface area contributed by atoms with E-state index in [1.165, 1.54) is 22.6 Å². The highest BCUT2D eigenvalue weighted by molar-refractivity contribution is 7.14. The van der Waals surface area contributed by atoms with Crippen molar-refractivity contribution in [2.75, 3.05) is 13.1 Å². The monoisotopic (exact) mass is 334 g/mol. The van der Waals surface area contributed by atoms with Gasteiger partial charge in [0.2, 0.25) is 0 Å². The Morgan fingerprint density at radius 3 is 2.64 bits per heavy atom. The highest BCUT2D eigenvalue weighted by atomic mass is 32.1. The highest BCUT2D eigenvalue weighted by Crippen LogP contribution is 2.31. The number of nitrogens with one attached hydrogen (secondary N) is 1. The Kier molecular flexibility index (Phi) is 4.96. The first-order valence-electron chi connectivity index (χ1n) is 7.80. The number of carbonyl (C=O) groups excluding carboxylic acids is 1. The first kappa shape index (κ1) is 15.7. The minimum Gasteiger partial charge on any atom is -0.347 e. The molecule has 118 valence electrons. The van der Waals surface area contributed by atoms with Gasteiger partial charge >= 0.3 is 0 Å². The quantitative estimate of drug-likeness (QED) is 0.894. The zero-order valence-corrected chi connectivity index (χ0v) is 14.7. The molecule has 1 fully saturated rings. The molecule has 3 heterocycles. The van der Waals surface area contributed by atoms with E-state index in [1.807, 2.05) is 19.1 Å². The molecular weight excluding hydrogens is 312 g/mol. The number of carbonyl (C=O) groups is 1. The van der Waals surface area contributed by atoms with Gasteiger partial charge in [0.1, 0.15) is 0 Å². The van der Waals surface area contributed by atoms with E-state index in [1.54, 1.807) is 22.7 Å². The van der Waals surface area contributed by atoms with Gasteiger partial charge in [-0.25, -0.2) is 0 Å². The van der Waals surface area contributed by atoms with Gasteiger partial charge in [0, 0.05) is 15.8 Å². The van der Waals surface area contributed by atoms with Gasteiger partial charge in [-0.1, -0.05) is 6.07 Å². The maximum Gasteiger partial charge on any atom is 0.261 e. The average Bonchev–Trinajstić information content (AvgIpc) is 3.20. The molecule has 2 aromatic rings. The molecule has 1 amide bonds. The summed E-state index contributed by atoms with van der Waals surface area (Å²) in [6.07, 6.45) is 2.51. The third-order valence-electron chi connectivity index (χ3n) is 4.17. The lowest BCUT2D eigenvalue weighted by atomic mass is 10.1. The Bertz CT molecular complexity index is 614. The zero-order chi connectivity index (χ0) is 15.5. The van der Waals surface area contributed by atoms with E-state index in [4.69, 9.17) is 0 Å². The number of nitrogens with zero attached hydrogens (tertiary/aromatic N) is 1. The molecule has 0 radical (unpaired) electrons. The summed E-state index contributed by atoms with van der Waals surface area (Å²) in [4.78, 5) is 18.3. The lowest BCUT2D eigenvalue weighted by Gasteiger charge is -2.32. The predicted molar refractivity (Wildman–Crippen MR) is 93.9 cm³/mol. The molecule has 0 aromatic carbocycles. The van der Waals surface area contributed by atoms with Crippen LogP contribution in [-0.4, -0.2) is 29.9 Å². The molecule has 1 N–H and O–H groups in total. The molecule has 1 aliphatic heterocycles. The van der Waals surface area contributed by atoms with Crippen molar-refractivity contribution >= 4 is 28.6 Å². The van der Waals surface area contributed by atoms with Gasteiger partial charge in [0.25, 0.3) is 5.91 Å². The van der Waals surface area contributed by atoms with Crippen LogP contribution in [0.5, 0.6) is 0 Å². The Hall–Kier alpha value is -1.17. The van der Waals surface area contributed by atoms with Crippen LogP contribution in [0.25, 0.3) is 0 Å². The van der Waals surface area contributed by atoms with Crippen molar-refractivity contribution in [2.45, 2.75) is 38.8 Å². The van der Waals surface area contributed by atoms with Crippen molar-refractivity contribution in [3.63, 3.8) is 0 Å². The zero-order valence-electron chi connectivity index (χ0n) is 13.0. The molecule has 5 heteroatoms. The van der Waals surface area contributed by atoms with Gasteiger partial charge in [-0.3, -0.25) is 9.69 Å². The Labute approximate surface area is 140 Å². The number of rotatable bonds is 5. The molecule has 0 spiro atoms. The van der Waals surface area contributed by atoms with E-state index in [0.717, 1.165) is 18.0 Å². The minimum atomic E-state index is 0.0475. The molecule has 0 aliphatic carbocycles. The molecule has 0 bridgehead atoms. The van der Waals surface area contributed by atoms with Crippen LogP contribution in [0.3, 0.4) is 0 Å². The fourth-order valence-electron chi connectivity index (χ4n) is 3.14. The van der Waals surface area contributed by atoms with Crippen molar-refractivity contribution in [1.82, 2.24) is 10.2 Å². The summed E-state index contributed by atoms with van der Waals surface area (Å²) in [7, 11) is 0. The van der Waals surface area contributed by atoms with Crippen molar-refractivity contribution < 1.29 is 4.79 Å². The second kappa shape index (κ2) is 6.94. The van der Waals surface area contributed by atoms with Gasteiger partial charge in [-0.15, -0.1) is 22.7 Å². The van der Waals surface area contributed by atoms with Gasteiger partial charge < -0.3 is 5.32 Å². The molecule has 22 heavy (non-hydrogen) atoms. The fraction of sp³-hybridized carbons (Fsp3) is 0.471. The first-order chi connectivity index (χ1) is 10.6. The molecule has 0 saturated carbocycles. The molecule has 1 saturated heterocycles. The number of hydrogen-bond donors (Lipinski definition) is 1. The summed E-state index contributed by atoms with van der Waals surface area (Å²) in [5, 5.41) is 5.33. The van der Waals surface area contributed by atoms with Crippen molar-refractivity contribution in [3.05, 3.63) is 44.3 Å². The lowest BCUT2D eigenvalue weighted by Crippen LogP contribution is -2.43. The molecule has 2 atom stereocenters. The van der Waals surface area contributed by atoms with E-state index in [-0.39, 0.29) is 18.0 Å². The molecule has 3 nitrogen and oxygen atoms in total. The molecular formula is C17H22N2OS2. The van der Waals surface area contributed by atoms with Gasteiger partial charge in [0.15, 0.2) is 0 Å². The van der Waals surface area contributed by atoms with Crippen molar-refractivity contribution in [2.24, 2.45) is 0 Å². The van der Waals surface area contributed by atoms with Gasteiger partial charge in [0.05, 0.1) is 10.9 Å². The van der Waals surface area contributed by atoms with Crippen LogP contribution in [-0.2, 0) is 0 Å². The van der Waals surface area contributed by atoms with Crippen LogP contribution in [0.4, 0.5) is 0 Å². The SMILES string of the molecule is Cc1ccc(C(=O)N[C@@H](C)[C@@H](c2cccs2)N2CCCC2)s1. The third kappa shape index (κ3) is 3.42. The molecule has 1 aliphatic rings. The molecule has 2 aromatic heterocycles. The van der Waals surface area contributed by atoms with E-state index >= 15 is 0 Å². The summed E-state index contributed by atoms with van der Waals surface area (Å²) < 4.78 is 0. The average molecular weight is 335 g/mol. The van der Waals surface area contributed by atoms with Crippen LogP contribution < -0.4 is 5.32 Å². The van der Waals surface area contributed by atoms with Crippen LogP contribution in [0.15, 0.2) is 29.6 Å². The van der Waals surface area contributed by atoms with E-state index in [2.05, 4.69) is 34.7 Å². The highest BCUT2D eigenvalue weighted by Gasteiger charge is 2.30. The largest absolute Gasteiger partial charge is 0.347 e. The Morgan fingerprint density at radius 1 is 1.27 bits per heavy atom. The Balaban J connectivity index is 1.74. The second-order valence-corrected chi connectivity index (χ2v) is 8.14. The van der Waals surface area contributed by atoms with Gasteiger partial charge in [-0.05, 0) is 63.4 Å². The number of hydrogen-bond acceptors (Lipinski definition) is 4. The van der Waals surface area contributed by atoms with Crippen LogP contribution in [0.1, 0.15) is 45.2 Å². The number of thiophene rings is 2. The van der Waals surface area contributed by atoms with E-state index in [0.29, 0.717) is 0 Å². The summed E-state index contributed by atoms with van der Waals surface area (Å²) in [6.45, 7) is 6.41. The second-order valence-electron chi connectivity index (χ2n) is 5.88.